The van der Waals surface area contributed by atoms with Crippen LogP contribution in [-0.4, -0.2) is 4.70 Å². The van der Waals surface area contributed by atoms with Crippen molar-refractivity contribution in [2.24, 2.45) is 0 Å². The van der Waals surface area contributed by atoms with Gasteiger partial charge in [0.1, 0.15) is 0 Å². The molecule has 0 fully saturated rings. The Morgan fingerprint density at radius 2 is 0.875 bits per heavy atom. The van der Waals surface area contributed by atoms with Crippen molar-refractivity contribution in [1.29, 1.82) is 0 Å². The van der Waals surface area contributed by atoms with Gasteiger partial charge in [0.2, 0.25) is 11.4 Å². The van der Waals surface area contributed by atoms with E-state index in [1.807, 2.05) is 0 Å². The zero-order valence-corrected chi connectivity index (χ0v) is 39.3. The SMILES string of the molecule is CCCCCC=CC1=C(c2cc(CCCCCC)cc(CCCCCC)c2)[N+](=[N-])C(c2cc(CCCC)cc(CCCC)c2)=C1.[CH2-]CCCC.[CH2-]CCCC.[Pd+2]. The molecule has 0 amide bonds. The largest absolute Gasteiger partial charge is 2.00 e. The van der Waals surface area contributed by atoms with E-state index in [0.717, 1.165) is 73.0 Å². The quantitative estimate of drug-likeness (QED) is 0.0370. The maximum absolute atomic E-state index is 12.0. The Balaban J connectivity index is 0.00000244. The molecule has 0 atom stereocenters. The number of rotatable bonds is 27. The van der Waals surface area contributed by atoms with Crippen LogP contribution in [0.15, 0.2) is 60.2 Å². The normalized spacial score (nSPS) is 12.3. The summed E-state index contributed by atoms with van der Waals surface area (Å²) < 4.78 is 1.52. The van der Waals surface area contributed by atoms with E-state index in [-0.39, 0.29) is 20.4 Å². The van der Waals surface area contributed by atoms with Crippen LogP contribution in [0.1, 0.15) is 223 Å². The van der Waals surface area contributed by atoms with Crippen molar-refractivity contribution in [1.82, 2.24) is 0 Å². The first-order chi connectivity index (χ1) is 26.9. The van der Waals surface area contributed by atoms with Gasteiger partial charge in [-0.05, 0) is 111 Å². The summed E-state index contributed by atoms with van der Waals surface area (Å²) in [5.41, 5.74) is 22.9. The van der Waals surface area contributed by atoms with Gasteiger partial charge in [0.25, 0.3) is 0 Å². The molecule has 0 N–H and O–H groups in total. The van der Waals surface area contributed by atoms with Crippen LogP contribution >= 0.6 is 0 Å². The summed E-state index contributed by atoms with van der Waals surface area (Å²) in [7, 11) is 0. The van der Waals surface area contributed by atoms with Crippen LogP contribution in [0.3, 0.4) is 0 Å². The fourth-order valence-corrected chi connectivity index (χ4v) is 7.02. The van der Waals surface area contributed by atoms with Crippen molar-refractivity contribution < 1.29 is 25.1 Å². The molecule has 0 unspecified atom stereocenters. The first-order valence-corrected chi connectivity index (χ1v) is 23.3. The predicted molar refractivity (Wildman–Crippen MR) is 247 cm³/mol. The second kappa shape index (κ2) is 36.0. The maximum atomic E-state index is 12.0. The Kier molecular flexibility index (Phi) is 34.7. The Hall–Kier alpha value is -2.08. The molecule has 2 aromatic carbocycles. The molecule has 56 heavy (non-hydrogen) atoms. The smallest absolute Gasteiger partial charge is 0.493 e. The standard InChI is InChI=1S/C43H64N2.2C5H11.Pd/c1-6-11-16-19-22-27-39-34-42(40-30-35(23-14-9-4)28-36(31-40)24-15-10-5)45(44)43(39)41-32-37(25-20-17-12-7-2)29-38(33-41)26-21-18-13-8-3;2*1-3-5-4-2;/h22,27-34H,6-21,23-26H2,1-5H3;2*1,3-5H2,2H3;/q;2*-1;+2. The Labute approximate surface area is 363 Å². The molecule has 318 valence electrons. The minimum absolute atomic E-state index is 0. The van der Waals surface area contributed by atoms with Crippen molar-refractivity contribution >= 4 is 11.4 Å². The van der Waals surface area contributed by atoms with Gasteiger partial charge in [-0.3, -0.25) is 0 Å². The molecule has 0 saturated carbocycles. The maximum Gasteiger partial charge on any atom is 2.00 e. The second-order valence-corrected chi connectivity index (χ2v) is 15.9. The van der Waals surface area contributed by atoms with Gasteiger partial charge >= 0.3 is 20.4 Å². The summed E-state index contributed by atoms with van der Waals surface area (Å²) in [6.07, 6.45) is 38.3. The number of hydrogen-bond acceptors (Lipinski definition) is 0. The monoisotopic (exact) mass is 857 g/mol. The van der Waals surface area contributed by atoms with Crippen LogP contribution < -0.4 is 0 Å². The molecule has 1 aliphatic heterocycles. The van der Waals surface area contributed by atoms with Crippen molar-refractivity contribution in [3.63, 3.8) is 0 Å². The number of benzene rings is 2. The van der Waals surface area contributed by atoms with Crippen LogP contribution in [0.2, 0.25) is 0 Å². The minimum atomic E-state index is 0. The van der Waals surface area contributed by atoms with Crippen LogP contribution in [0, 0.1) is 13.8 Å². The first-order valence-electron chi connectivity index (χ1n) is 23.3. The van der Waals surface area contributed by atoms with E-state index in [4.69, 9.17) is 0 Å². The number of nitrogens with zero attached hydrogens (tertiary/aromatic N) is 2. The van der Waals surface area contributed by atoms with Crippen molar-refractivity contribution in [3.05, 3.63) is 113 Å². The van der Waals surface area contributed by atoms with Gasteiger partial charge in [0, 0.05) is 17.2 Å². The summed E-state index contributed by atoms with van der Waals surface area (Å²) in [4.78, 5) is 0. The van der Waals surface area contributed by atoms with Crippen LogP contribution in [0.4, 0.5) is 0 Å². The van der Waals surface area contributed by atoms with Gasteiger partial charge in [-0.2, -0.15) is 12.8 Å². The zero-order chi connectivity index (χ0) is 40.5. The van der Waals surface area contributed by atoms with E-state index in [2.05, 4.69) is 117 Å². The van der Waals surface area contributed by atoms with Crippen LogP contribution in [0.25, 0.3) is 16.9 Å². The van der Waals surface area contributed by atoms with Gasteiger partial charge in [0.15, 0.2) is 0 Å². The van der Waals surface area contributed by atoms with Gasteiger partial charge < -0.3 is 19.4 Å². The third-order valence-electron chi connectivity index (χ3n) is 10.4. The molecule has 0 aromatic heterocycles. The second-order valence-electron chi connectivity index (χ2n) is 15.9. The van der Waals surface area contributed by atoms with Crippen LogP contribution in [0.5, 0.6) is 0 Å². The molecule has 3 rings (SSSR count). The van der Waals surface area contributed by atoms with Crippen molar-refractivity contribution in [2.45, 2.75) is 215 Å². The van der Waals surface area contributed by atoms with E-state index in [9.17, 15) is 5.53 Å². The molecule has 2 aromatic rings. The predicted octanol–water partition coefficient (Wildman–Crippen LogP) is 17.6. The van der Waals surface area contributed by atoms with E-state index in [0.29, 0.717) is 0 Å². The molecule has 0 aliphatic carbocycles. The molecule has 0 saturated heterocycles. The van der Waals surface area contributed by atoms with Gasteiger partial charge in [0.05, 0.1) is 5.57 Å². The summed E-state index contributed by atoms with van der Waals surface area (Å²) in [6, 6.07) is 14.2. The summed E-state index contributed by atoms with van der Waals surface area (Å²) in [6.45, 7) is 23.1. The van der Waals surface area contributed by atoms with E-state index in [1.165, 1.54) is 149 Å². The molecule has 0 spiro atoms. The average molecular weight is 858 g/mol. The van der Waals surface area contributed by atoms with Gasteiger partial charge in [-0.1, -0.05) is 163 Å². The van der Waals surface area contributed by atoms with E-state index >= 15 is 0 Å². The molecule has 3 heteroatoms. The van der Waals surface area contributed by atoms with E-state index < -0.39 is 0 Å². The third kappa shape index (κ3) is 22.8. The number of hydrogen-bond donors (Lipinski definition) is 0. The molecule has 1 heterocycles. The van der Waals surface area contributed by atoms with Crippen molar-refractivity contribution in [3.8, 4) is 0 Å². The van der Waals surface area contributed by atoms with Crippen LogP contribution in [-0.2, 0) is 46.1 Å². The average Bonchev–Trinajstić information content (AvgIpc) is 3.53. The first kappa shape index (κ1) is 53.9. The van der Waals surface area contributed by atoms with Crippen molar-refractivity contribution in [2.75, 3.05) is 0 Å². The molecule has 1 aliphatic rings. The number of unbranched alkanes of at least 4 members (excludes halogenated alkanes) is 15. The van der Waals surface area contributed by atoms with Gasteiger partial charge in [-0.25, -0.2) is 4.70 Å². The minimum Gasteiger partial charge on any atom is -0.493 e. The number of allylic oxidation sites excluding steroid dienone is 4. The number of aryl methyl sites for hydroxylation is 4. The molecular formula is C53H86N2Pd. The molecular weight excluding hydrogens is 771 g/mol. The van der Waals surface area contributed by atoms with Gasteiger partial charge in [-0.15, -0.1) is 0 Å². The fraction of sp³-hybridized carbons (Fsp3) is 0.623. The Bertz CT molecular complexity index is 1310. The summed E-state index contributed by atoms with van der Waals surface area (Å²) in [5.74, 6) is 0. The van der Waals surface area contributed by atoms with E-state index in [1.54, 1.807) is 0 Å². The molecule has 0 bridgehead atoms. The zero-order valence-electron chi connectivity index (χ0n) is 37.7. The fourth-order valence-electron chi connectivity index (χ4n) is 7.02. The summed E-state index contributed by atoms with van der Waals surface area (Å²) in [5, 5.41) is 0. The molecule has 2 nitrogen and oxygen atoms in total. The summed E-state index contributed by atoms with van der Waals surface area (Å²) >= 11 is 0. The molecule has 0 radical (unpaired) electrons. The Morgan fingerprint density at radius 3 is 1.27 bits per heavy atom. The topological polar surface area (TPSA) is 25.3 Å². The Morgan fingerprint density at radius 1 is 0.482 bits per heavy atom. The third-order valence-corrected chi connectivity index (χ3v) is 10.4.